The number of carbonyl (C=O) groups is 1. The average Bonchev–Trinajstić information content (AvgIpc) is 3.06. The van der Waals surface area contributed by atoms with E-state index in [9.17, 15) is 9.90 Å². The molecule has 2 heterocycles. The molecule has 1 unspecified atom stereocenters. The zero-order valence-corrected chi connectivity index (χ0v) is 11.2. The summed E-state index contributed by atoms with van der Waals surface area (Å²) in [5.41, 5.74) is -1.06. The minimum atomic E-state index is -1.06. The molecule has 0 radical (unpaired) electrons. The van der Waals surface area contributed by atoms with Gasteiger partial charge in [0.25, 0.3) is 0 Å². The maximum Gasteiger partial charge on any atom is 0.244 e. The highest BCUT2D eigenvalue weighted by molar-refractivity contribution is 5.91. The highest BCUT2D eigenvalue weighted by atomic mass is 16.3. The molecule has 0 aromatic carbocycles. The first kappa shape index (κ1) is 14.1. The smallest absolute Gasteiger partial charge is 0.244 e. The quantitative estimate of drug-likeness (QED) is 0.791. The topological polar surface area (TPSA) is 75.6 Å². The van der Waals surface area contributed by atoms with Crippen molar-refractivity contribution in [3.05, 3.63) is 54.4 Å². The van der Waals surface area contributed by atoms with Crippen molar-refractivity contribution >= 4 is 12.0 Å². The Balaban J connectivity index is 1.80. The highest BCUT2D eigenvalue weighted by Gasteiger charge is 2.22. The van der Waals surface area contributed by atoms with E-state index in [0.29, 0.717) is 17.9 Å². The van der Waals surface area contributed by atoms with Gasteiger partial charge in [-0.15, -0.1) is 0 Å². The summed E-state index contributed by atoms with van der Waals surface area (Å²) in [6.45, 7) is 1.78. The predicted octanol–water partition coefficient (Wildman–Crippen LogP) is 2.00. The summed E-state index contributed by atoms with van der Waals surface area (Å²) in [6.07, 6.45) is 6.35. The summed E-state index contributed by atoms with van der Waals surface area (Å²) >= 11 is 0. The summed E-state index contributed by atoms with van der Waals surface area (Å²) in [6, 6.07) is 7.03. The predicted molar refractivity (Wildman–Crippen MR) is 73.8 cm³/mol. The molecule has 5 nitrogen and oxygen atoms in total. The van der Waals surface area contributed by atoms with Crippen LogP contribution in [0.5, 0.6) is 0 Å². The Labute approximate surface area is 116 Å². The summed E-state index contributed by atoms with van der Waals surface area (Å²) in [7, 11) is 0. The fraction of sp³-hybridized carbons (Fsp3) is 0.267. The first-order valence-electron chi connectivity index (χ1n) is 6.29. The molecule has 0 aliphatic carbocycles. The SMILES string of the molecule is CC(O)(CNC(=O)/C=C/c1ccco1)Cc1ccco1. The molecular weight excluding hydrogens is 258 g/mol. The van der Waals surface area contributed by atoms with Gasteiger partial charge in [-0.25, -0.2) is 0 Å². The molecule has 5 heteroatoms. The van der Waals surface area contributed by atoms with Gasteiger partial charge in [0.2, 0.25) is 5.91 Å². The first-order chi connectivity index (χ1) is 9.55. The van der Waals surface area contributed by atoms with Crippen LogP contribution in [0.25, 0.3) is 6.08 Å². The van der Waals surface area contributed by atoms with Gasteiger partial charge in [0.05, 0.1) is 18.1 Å². The molecule has 2 aromatic rings. The van der Waals surface area contributed by atoms with E-state index in [1.54, 1.807) is 43.5 Å². The number of nitrogens with one attached hydrogen (secondary N) is 1. The van der Waals surface area contributed by atoms with Gasteiger partial charge in [-0.3, -0.25) is 4.79 Å². The molecule has 20 heavy (non-hydrogen) atoms. The van der Waals surface area contributed by atoms with Gasteiger partial charge in [0.1, 0.15) is 11.5 Å². The van der Waals surface area contributed by atoms with Crippen LogP contribution in [0.3, 0.4) is 0 Å². The Hall–Kier alpha value is -2.27. The summed E-state index contributed by atoms with van der Waals surface area (Å²) in [5.74, 6) is 0.985. The van der Waals surface area contributed by atoms with Gasteiger partial charge in [0, 0.05) is 19.0 Å². The molecule has 1 atom stereocenters. The molecule has 1 amide bonds. The fourth-order valence-corrected chi connectivity index (χ4v) is 1.73. The van der Waals surface area contributed by atoms with E-state index in [2.05, 4.69) is 5.32 Å². The van der Waals surface area contributed by atoms with Crippen LogP contribution in [0.4, 0.5) is 0 Å². The number of amides is 1. The Morgan fingerprint density at radius 3 is 2.75 bits per heavy atom. The van der Waals surface area contributed by atoms with Crippen LogP contribution in [0.2, 0.25) is 0 Å². The standard InChI is InChI=1S/C15H17NO4/c1-15(18,10-13-5-3-9-20-13)11-16-14(17)7-6-12-4-2-8-19-12/h2-9,18H,10-11H2,1H3,(H,16,17)/b7-6+. The molecule has 0 fully saturated rings. The third-order valence-corrected chi connectivity index (χ3v) is 2.72. The zero-order valence-electron chi connectivity index (χ0n) is 11.2. The van der Waals surface area contributed by atoms with Crippen molar-refractivity contribution in [2.45, 2.75) is 18.9 Å². The van der Waals surface area contributed by atoms with E-state index in [4.69, 9.17) is 8.83 Å². The number of hydrogen-bond donors (Lipinski definition) is 2. The largest absolute Gasteiger partial charge is 0.469 e. The second-order valence-corrected chi connectivity index (χ2v) is 4.82. The van der Waals surface area contributed by atoms with E-state index in [1.807, 2.05) is 0 Å². The van der Waals surface area contributed by atoms with Gasteiger partial charge < -0.3 is 19.3 Å². The van der Waals surface area contributed by atoms with Gasteiger partial charge >= 0.3 is 0 Å². The first-order valence-corrected chi connectivity index (χ1v) is 6.29. The van der Waals surface area contributed by atoms with E-state index in [-0.39, 0.29) is 12.5 Å². The van der Waals surface area contributed by atoms with Crippen molar-refractivity contribution < 1.29 is 18.7 Å². The third kappa shape index (κ3) is 4.44. The van der Waals surface area contributed by atoms with Crippen LogP contribution < -0.4 is 5.32 Å². The third-order valence-electron chi connectivity index (χ3n) is 2.72. The maximum atomic E-state index is 11.6. The molecular formula is C15H17NO4. The van der Waals surface area contributed by atoms with Gasteiger partial charge in [-0.1, -0.05) is 0 Å². The minimum Gasteiger partial charge on any atom is -0.469 e. The zero-order chi connectivity index (χ0) is 14.4. The fourth-order valence-electron chi connectivity index (χ4n) is 1.73. The van der Waals surface area contributed by atoms with Crippen LogP contribution in [-0.4, -0.2) is 23.2 Å². The summed E-state index contributed by atoms with van der Waals surface area (Å²) < 4.78 is 10.2. The van der Waals surface area contributed by atoms with Crippen molar-refractivity contribution in [3.8, 4) is 0 Å². The Morgan fingerprint density at radius 1 is 1.35 bits per heavy atom. The van der Waals surface area contributed by atoms with Crippen LogP contribution in [0.1, 0.15) is 18.4 Å². The monoisotopic (exact) mass is 275 g/mol. The van der Waals surface area contributed by atoms with Crippen molar-refractivity contribution in [1.29, 1.82) is 0 Å². The molecule has 2 aromatic heterocycles. The second kappa shape index (κ2) is 6.25. The number of hydrogen-bond acceptors (Lipinski definition) is 4. The lowest BCUT2D eigenvalue weighted by Gasteiger charge is -2.22. The van der Waals surface area contributed by atoms with E-state index >= 15 is 0 Å². The molecule has 0 aliphatic rings. The van der Waals surface area contributed by atoms with Crippen molar-refractivity contribution in [3.63, 3.8) is 0 Å². The lowest BCUT2D eigenvalue weighted by atomic mass is 10.0. The van der Waals surface area contributed by atoms with E-state index in [1.165, 1.54) is 12.3 Å². The van der Waals surface area contributed by atoms with Crippen LogP contribution in [0.15, 0.2) is 51.7 Å². The van der Waals surface area contributed by atoms with Gasteiger partial charge in [-0.2, -0.15) is 0 Å². The molecule has 0 aliphatic heterocycles. The van der Waals surface area contributed by atoms with Crippen molar-refractivity contribution in [1.82, 2.24) is 5.32 Å². The molecule has 0 saturated carbocycles. The number of furan rings is 2. The Morgan fingerprint density at radius 2 is 2.10 bits per heavy atom. The molecule has 106 valence electrons. The van der Waals surface area contributed by atoms with Crippen LogP contribution in [-0.2, 0) is 11.2 Å². The van der Waals surface area contributed by atoms with Gasteiger partial charge in [-0.05, 0) is 37.3 Å². The summed E-state index contributed by atoms with van der Waals surface area (Å²) in [4.78, 5) is 11.6. The minimum absolute atomic E-state index is 0.134. The number of carbonyl (C=O) groups excluding carboxylic acids is 1. The number of rotatable bonds is 6. The van der Waals surface area contributed by atoms with E-state index in [0.717, 1.165) is 0 Å². The highest BCUT2D eigenvalue weighted by Crippen LogP contribution is 2.12. The molecule has 2 N–H and O–H groups in total. The number of aliphatic hydroxyl groups is 1. The van der Waals surface area contributed by atoms with Crippen LogP contribution in [0, 0.1) is 0 Å². The molecule has 0 bridgehead atoms. The van der Waals surface area contributed by atoms with Crippen LogP contribution >= 0.6 is 0 Å². The van der Waals surface area contributed by atoms with E-state index < -0.39 is 5.60 Å². The normalized spacial score (nSPS) is 14.3. The van der Waals surface area contributed by atoms with Gasteiger partial charge in [0.15, 0.2) is 0 Å². The molecule has 0 spiro atoms. The average molecular weight is 275 g/mol. The lowest BCUT2D eigenvalue weighted by molar-refractivity contribution is -0.117. The maximum absolute atomic E-state index is 11.6. The molecule has 0 saturated heterocycles. The lowest BCUT2D eigenvalue weighted by Crippen LogP contribution is -2.41. The second-order valence-electron chi connectivity index (χ2n) is 4.82. The summed E-state index contributed by atoms with van der Waals surface area (Å²) in [5, 5.41) is 12.8. The van der Waals surface area contributed by atoms with Crippen molar-refractivity contribution in [2.24, 2.45) is 0 Å². The Kier molecular flexibility index (Phi) is 4.42. The Bertz CT molecular complexity index is 553. The molecule has 2 rings (SSSR count). The van der Waals surface area contributed by atoms with Crippen molar-refractivity contribution in [2.75, 3.05) is 6.54 Å².